The number of nitrogens with one attached hydrogen (secondary N) is 1. The lowest BCUT2D eigenvalue weighted by atomic mass is 10.1. The Hall–Kier alpha value is -1.75. The topological polar surface area (TPSA) is 73.6 Å². The zero-order valence-corrected chi connectivity index (χ0v) is 16.5. The molecule has 0 heterocycles. The van der Waals surface area contributed by atoms with Crippen LogP contribution in [-0.2, 0) is 11.3 Å². The number of benzene rings is 1. The van der Waals surface area contributed by atoms with Crippen LogP contribution < -0.4 is 20.5 Å². The second-order valence-corrected chi connectivity index (χ2v) is 6.62. The molecule has 1 amide bonds. The van der Waals surface area contributed by atoms with E-state index in [4.69, 9.17) is 15.2 Å². The smallest absolute Gasteiger partial charge is 0.220 e. The quantitative estimate of drug-likeness (QED) is 0.458. The Kier molecular flexibility index (Phi) is 12.4. The highest BCUT2D eigenvalue weighted by atomic mass is 16.5. The van der Waals surface area contributed by atoms with E-state index in [-0.39, 0.29) is 5.91 Å². The lowest BCUT2D eigenvalue weighted by Crippen LogP contribution is -2.22. The van der Waals surface area contributed by atoms with Crippen molar-refractivity contribution < 1.29 is 14.3 Å². The standard InChI is InChI=1S/C21H36N2O3/c1-3-4-5-6-7-8-11-21(24)23-17-18-12-13-19(20(16-18)25-2)26-15-10-9-14-22/h12-13,16H,3-11,14-15,17,22H2,1-2H3,(H,23,24). The molecule has 5 nitrogen and oxygen atoms in total. The van der Waals surface area contributed by atoms with E-state index >= 15 is 0 Å². The van der Waals surface area contributed by atoms with Crippen LogP contribution >= 0.6 is 0 Å². The van der Waals surface area contributed by atoms with Crippen molar-refractivity contribution in [2.75, 3.05) is 20.3 Å². The van der Waals surface area contributed by atoms with Gasteiger partial charge in [0, 0.05) is 13.0 Å². The molecule has 1 aromatic rings. The summed E-state index contributed by atoms with van der Waals surface area (Å²) in [5.41, 5.74) is 6.49. The number of carbonyl (C=O) groups excluding carboxylic acids is 1. The van der Waals surface area contributed by atoms with E-state index in [2.05, 4.69) is 12.2 Å². The Morgan fingerprint density at radius 3 is 2.54 bits per heavy atom. The summed E-state index contributed by atoms with van der Waals surface area (Å²) in [4.78, 5) is 12.0. The molecule has 0 fully saturated rings. The normalized spacial score (nSPS) is 10.6. The molecule has 1 aromatic carbocycles. The Morgan fingerprint density at radius 2 is 1.81 bits per heavy atom. The van der Waals surface area contributed by atoms with Crippen LogP contribution in [0.1, 0.15) is 70.3 Å². The maximum Gasteiger partial charge on any atom is 0.220 e. The molecule has 0 spiro atoms. The molecular formula is C21H36N2O3. The number of rotatable bonds is 15. The first-order valence-corrected chi connectivity index (χ1v) is 9.97. The van der Waals surface area contributed by atoms with E-state index < -0.39 is 0 Å². The van der Waals surface area contributed by atoms with Gasteiger partial charge in [-0.1, -0.05) is 45.1 Å². The summed E-state index contributed by atoms with van der Waals surface area (Å²) in [6, 6.07) is 5.78. The van der Waals surface area contributed by atoms with Crippen LogP contribution in [0.2, 0.25) is 0 Å². The van der Waals surface area contributed by atoms with Crippen LogP contribution in [0.3, 0.4) is 0 Å². The summed E-state index contributed by atoms with van der Waals surface area (Å²) in [5.74, 6) is 1.54. The van der Waals surface area contributed by atoms with Gasteiger partial charge in [-0.05, 0) is 43.5 Å². The zero-order valence-electron chi connectivity index (χ0n) is 16.5. The second-order valence-electron chi connectivity index (χ2n) is 6.62. The highest BCUT2D eigenvalue weighted by molar-refractivity contribution is 5.75. The average molecular weight is 365 g/mol. The van der Waals surface area contributed by atoms with E-state index in [1.165, 1.54) is 25.7 Å². The van der Waals surface area contributed by atoms with E-state index in [1.54, 1.807) is 7.11 Å². The second kappa shape index (κ2) is 14.4. The molecule has 26 heavy (non-hydrogen) atoms. The fourth-order valence-electron chi connectivity index (χ4n) is 2.72. The van der Waals surface area contributed by atoms with Crippen molar-refractivity contribution in [3.8, 4) is 11.5 Å². The van der Waals surface area contributed by atoms with Crippen molar-refractivity contribution in [1.29, 1.82) is 0 Å². The summed E-state index contributed by atoms with van der Waals surface area (Å²) < 4.78 is 11.1. The van der Waals surface area contributed by atoms with Crippen molar-refractivity contribution in [3.05, 3.63) is 23.8 Å². The lowest BCUT2D eigenvalue weighted by Gasteiger charge is -2.12. The van der Waals surface area contributed by atoms with Gasteiger partial charge in [0.25, 0.3) is 0 Å². The number of nitrogens with two attached hydrogens (primary N) is 1. The predicted molar refractivity (Wildman–Crippen MR) is 107 cm³/mol. The molecule has 0 aliphatic rings. The minimum atomic E-state index is 0.113. The number of methoxy groups -OCH3 is 1. The third-order valence-corrected chi connectivity index (χ3v) is 4.33. The molecule has 0 bridgehead atoms. The molecule has 0 aliphatic heterocycles. The predicted octanol–water partition coefficient (Wildman–Crippen LogP) is 4.18. The molecule has 5 heteroatoms. The van der Waals surface area contributed by atoms with Crippen LogP contribution in [0.25, 0.3) is 0 Å². The van der Waals surface area contributed by atoms with E-state index in [9.17, 15) is 4.79 Å². The minimum absolute atomic E-state index is 0.113. The molecule has 1 rings (SSSR count). The molecular weight excluding hydrogens is 328 g/mol. The third-order valence-electron chi connectivity index (χ3n) is 4.33. The van der Waals surface area contributed by atoms with E-state index in [1.807, 2.05) is 18.2 Å². The first-order valence-electron chi connectivity index (χ1n) is 9.97. The van der Waals surface area contributed by atoms with E-state index in [0.717, 1.165) is 37.0 Å². The number of amides is 1. The molecule has 0 aromatic heterocycles. The first kappa shape index (κ1) is 22.3. The van der Waals surface area contributed by atoms with Crippen molar-refractivity contribution in [2.45, 2.75) is 71.3 Å². The van der Waals surface area contributed by atoms with Gasteiger partial charge in [-0.15, -0.1) is 0 Å². The van der Waals surface area contributed by atoms with Crippen molar-refractivity contribution in [2.24, 2.45) is 5.73 Å². The van der Waals surface area contributed by atoms with Gasteiger partial charge in [0.15, 0.2) is 11.5 Å². The SMILES string of the molecule is CCCCCCCCC(=O)NCc1ccc(OCCCCN)c(OC)c1. The van der Waals surface area contributed by atoms with Crippen molar-refractivity contribution >= 4 is 5.91 Å². The summed E-state index contributed by atoms with van der Waals surface area (Å²) in [6.45, 7) is 4.03. The van der Waals surface area contributed by atoms with Gasteiger partial charge in [0.2, 0.25) is 5.91 Å². The summed E-state index contributed by atoms with van der Waals surface area (Å²) in [7, 11) is 1.63. The minimum Gasteiger partial charge on any atom is -0.493 e. The Bertz CT molecular complexity index is 506. The Balaban J connectivity index is 2.32. The Labute approximate surface area is 158 Å². The molecule has 0 saturated carbocycles. The highest BCUT2D eigenvalue weighted by Crippen LogP contribution is 2.28. The van der Waals surface area contributed by atoms with Crippen LogP contribution in [-0.4, -0.2) is 26.2 Å². The fraction of sp³-hybridized carbons (Fsp3) is 0.667. The van der Waals surface area contributed by atoms with Crippen molar-refractivity contribution in [3.63, 3.8) is 0 Å². The maximum absolute atomic E-state index is 12.0. The molecule has 0 radical (unpaired) electrons. The third kappa shape index (κ3) is 9.66. The molecule has 148 valence electrons. The molecule has 0 saturated heterocycles. The molecule has 0 unspecified atom stereocenters. The number of ether oxygens (including phenoxy) is 2. The summed E-state index contributed by atoms with van der Waals surface area (Å²) >= 11 is 0. The monoisotopic (exact) mass is 364 g/mol. The van der Waals surface area contributed by atoms with E-state index in [0.29, 0.717) is 31.9 Å². The van der Waals surface area contributed by atoms with Gasteiger partial charge in [-0.2, -0.15) is 0 Å². The van der Waals surface area contributed by atoms with Crippen LogP contribution in [0.5, 0.6) is 11.5 Å². The number of unbranched alkanes of at least 4 members (excludes halogenated alkanes) is 6. The number of hydrogen-bond donors (Lipinski definition) is 2. The average Bonchev–Trinajstić information content (AvgIpc) is 2.66. The number of hydrogen-bond acceptors (Lipinski definition) is 4. The summed E-state index contributed by atoms with van der Waals surface area (Å²) in [6.07, 6.45) is 9.63. The van der Waals surface area contributed by atoms with Gasteiger partial charge < -0.3 is 20.5 Å². The Morgan fingerprint density at radius 1 is 1.04 bits per heavy atom. The fourth-order valence-corrected chi connectivity index (χ4v) is 2.72. The van der Waals surface area contributed by atoms with Gasteiger partial charge in [-0.3, -0.25) is 4.79 Å². The van der Waals surface area contributed by atoms with Crippen molar-refractivity contribution in [1.82, 2.24) is 5.32 Å². The maximum atomic E-state index is 12.0. The lowest BCUT2D eigenvalue weighted by molar-refractivity contribution is -0.121. The summed E-state index contributed by atoms with van der Waals surface area (Å²) in [5, 5.41) is 2.98. The molecule has 3 N–H and O–H groups in total. The first-order chi connectivity index (χ1) is 12.7. The number of carbonyl (C=O) groups is 1. The van der Waals surface area contributed by atoms with Crippen LogP contribution in [0, 0.1) is 0 Å². The van der Waals surface area contributed by atoms with Gasteiger partial charge in [-0.25, -0.2) is 0 Å². The molecule has 0 aliphatic carbocycles. The van der Waals surface area contributed by atoms with Crippen LogP contribution in [0.4, 0.5) is 0 Å². The van der Waals surface area contributed by atoms with Gasteiger partial charge >= 0.3 is 0 Å². The zero-order chi connectivity index (χ0) is 19.0. The van der Waals surface area contributed by atoms with Crippen LogP contribution in [0.15, 0.2) is 18.2 Å². The largest absolute Gasteiger partial charge is 0.493 e. The van der Waals surface area contributed by atoms with Gasteiger partial charge in [0.05, 0.1) is 13.7 Å². The highest BCUT2D eigenvalue weighted by Gasteiger charge is 2.07. The van der Waals surface area contributed by atoms with Gasteiger partial charge in [0.1, 0.15) is 0 Å². The molecule has 0 atom stereocenters.